The van der Waals surface area contributed by atoms with Crippen molar-refractivity contribution in [2.45, 2.75) is 6.42 Å². The summed E-state index contributed by atoms with van der Waals surface area (Å²) < 4.78 is 15.5. The van der Waals surface area contributed by atoms with Gasteiger partial charge in [0.2, 0.25) is 0 Å². The minimum absolute atomic E-state index is 0.188. The Morgan fingerprint density at radius 2 is 1.67 bits per heavy atom. The van der Waals surface area contributed by atoms with E-state index in [0.717, 1.165) is 5.56 Å². The zero-order chi connectivity index (χ0) is 17.5. The van der Waals surface area contributed by atoms with Gasteiger partial charge in [0, 0.05) is 18.2 Å². The number of nitrogens with one attached hydrogen (secondary N) is 1. The highest BCUT2D eigenvalue weighted by molar-refractivity contribution is 6.32. The van der Waals surface area contributed by atoms with Crippen LogP contribution in [-0.2, 0) is 6.42 Å². The summed E-state index contributed by atoms with van der Waals surface area (Å²) in [6, 6.07) is 10.6. The topological polar surface area (TPSA) is 56.8 Å². The molecule has 0 saturated carbocycles. The summed E-state index contributed by atoms with van der Waals surface area (Å²) in [5.74, 6) is 1.59. The number of halogens is 1. The molecule has 6 heteroatoms. The maximum absolute atomic E-state index is 12.3. The minimum atomic E-state index is -0.188. The zero-order valence-corrected chi connectivity index (χ0v) is 14.6. The molecule has 0 aromatic heterocycles. The van der Waals surface area contributed by atoms with Crippen LogP contribution in [0, 0.1) is 0 Å². The van der Waals surface area contributed by atoms with Gasteiger partial charge in [-0.25, -0.2) is 0 Å². The molecule has 0 saturated heterocycles. The highest BCUT2D eigenvalue weighted by Crippen LogP contribution is 2.25. The van der Waals surface area contributed by atoms with E-state index in [-0.39, 0.29) is 5.91 Å². The van der Waals surface area contributed by atoms with Gasteiger partial charge in [-0.3, -0.25) is 4.79 Å². The molecule has 24 heavy (non-hydrogen) atoms. The predicted molar refractivity (Wildman–Crippen MR) is 93.6 cm³/mol. The normalized spacial score (nSPS) is 10.2. The molecule has 2 rings (SSSR count). The van der Waals surface area contributed by atoms with Crippen LogP contribution < -0.4 is 19.5 Å². The van der Waals surface area contributed by atoms with Crippen molar-refractivity contribution in [2.24, 2.45) is 0 Å². The van der Waals surface area contributed by atoms with Crippen LogP contribution >= 0.6 is 11.6 Å². The van der Waals surface area contributed by atoms with Gasteiger partial charge in [0.05, 0.1) is 26.4 Å². The number of methoxy groups -OCH3 is 3. The summed E-state index contributed by atoms with van der Waals surface area (Å²) in [7, 11) is 4.66. The standard InChI is InChI=1S/C18H20ClNO4/c1-22-14-9-13(10-15(11-14)23-2)18(21)20-7-6-12-4-5-17(24-3)16(19)8-12/h4-5,8-11H,6-7H2,1-3H3,(H,20,21). The molecule has 0 heterocycles. The lowest BCUT2D eigenvalue weighted by molar-refractivity contribution is 0.0953. The largest absolute Gasteiger partial charge is 0.497 e. The second-order valence-electron chi connectivity index (χ2n) is 5.08. The van der Waals surface area contributed by atoms with E-state index in [2.05, 4.69) is 5.32 Å². The molecule has 128 valence electrons. The number of carbonyl (C=O) groups is 1. The van der Waals surface area contributed by atoms with Crippen molar-refractivity contribution in [3.05, 3.63) is 52.5 Å². The Morgan fingerprint density at radius 3 is 2.21 bits per heavy atom. The van der Waals surface area contributed by atoms with E-state index >= 15 is 0 Å². The molecule has 0 spiro atoms. The monoisotopic (exact) mass is 349 g/mol. The molecule has 0 aliphatic carbocycles. The van der Waals surface area contributed by atoms with Crippen LogP contribution in [0.4, 0.5) is 0 Å². The van der Waals surface area contributed by atoms with Gasteiger partial charge < -0.3 is 19.5 Å². The Labute approximate surface area is 146 Å². The Morgan fingerprint density at radius 1 is 1.00 bits per heavy atom. The SMILES string of the molecule is COc1cc(OC)cc(C(=O)NCCc2ccc(OC)c(Cl)c2)c1. The van der Waals surface area contributed by atoms with Crippen molar-refractivity contribution in [3.8, 4) is 17.2 Å². The maximum atomic E-state index is 12.3. The van der Waals surface area contributed by atoms with Crippen molar-refractivity contribution in [2.75, 3.05) is 27.9 Å². The van der Waals surface area contributed by atoms with Gasteiger partial charge in [0.25, 0.3) is 5.91 Å². The summed E-state index contributed by atoms with van der Waals surface area (Å²) in [6.07, 6.45) is 0.663. The van der Waals surface area contributed by atoms with Gasteiger partial charge in [0.15, 0.2) is 0 Å². The first kappa shape index (κ1) is 17.9. The number of carbonyl (C=O) groups excluding carboxylic acids is 1. The van der Waals surface area contributed by atoms with Crippen LogP contribution in [0.5, 0.6) is 17.2 Å². The smallest absolute Gasteiger partial charge is 0.251 e. The molecule has 0 bridgehead atoms. The molecular formula is C18H20ClNO4. The Balaban J connectivity index is 1.97. The van der Waals surface area contributed by atoms with Gasteiger partial charge in [-0.1, -0.05) is 17.7 Å². The number of hydrogen-bond acceptors (Lipinski definition) is 4. The van der Waals surface area contributed by atoms with Crippen LogP contribution in [0.2, 0.25) is 5.02 Å². The number of amides is 1. The second-order valence-corrected chi connectivity index (χ2v) is 5.48. The highest BCUT2D eigenvalue weighted by Gasteiger charge is 2.10. The van der Waals surface area contributed by atoms with Gasteiger partial charge >= 0.3 is 0 Å². The first-order valence-electron chi connectivity index (χ1n) is 7.41. The molecule has 0 unspecified atom stereocenters. The van der Waals surface area contributed by atoms with Crippen molar-refractivity contribution in [3.63, 3.8) is 0 Å². The van der Waals surface area contributed by atoms with Crippen molar-refractivity contribution in [1.29, 1.82) is 0 Å². The molecule has 0 radical (unpaired) electrons. The fourth-order valence-corrected chi connectivity index (χ4v) is 2.51. The predicted octanol–water partition coefficient (Wildman–Crippen LogP) is 3.34. The first-order valence-corrected chi connectivity index (χ1v) is 7.79. The number of hydrogen-bond donors (Lipinski definition) is 1. The number of benzene rings is 2. The van der Waals surface area contributed by atoms with Gasteiger partial charge in [-0.2, -0.15) is 0 Å². The third-order valence-electron chi connectivity index (χ3n) is 3.53. The van der Waals surface area contributed by atoms with Crippen LogP contribution in [0.3, 0.4) is 0 Å². The summed E-state index contributed by atoms with van der Waals surface area (Å²) >= 11 is 6.09. The molecule has 0 atom stereocenters. The van der Waals surface area contributed by atoms with Crippen molar-refractivity contribution < 1.29 is 19.0 Å². The summed E-state index contributed by atoms with van der Waals surface area (Å²) in [5.41, 5.74) is 1.50. The molecule has 1 N–H and O–H groups in total. The van der Waals surface area contributed by atoms with Crippen LogP contribution in [0.1, 0.15) is 15.9 Å². The van der Waals surface area contributed by atoms with E-state index < -0.39 is 0 Å². The fourth-order valence-electron chi connectivity index (χ4n) is 2.23. The Hall–Kier alpha value is -2.40. The molecule has 0 fully saturated rings. The Kier molecular flexibility index (Phi) is 6.32. The lowest BCUT2D eigenvalue weighted by Crippen LogP contribution is -2.25. The lowest BCUT2D eigenvalue weighted by atomic mass is 10.1. The van der Waals surface area contributed by atoms with E-state index in [0.29, 0.717) is 40.8 Å². The number of ether oxygens (including phenoxy) is 3. The zero-order valence-electron chi connectivity index (χ0n) is 13.9. The molecule has 0 aliphatic heterocycles. The number of rotatable bonds is 7. The second kappa shape index (κ2) is 8.45. The third kappa shape index (κ3) is 4.55. The molecule has 0 aliphatic rings. The average Bonchev–Trinajstić information content (AvgIpc) is 2.61. The van der Waals surface area contributed by atoms with E-state index in [9.17, 15) is 4.79 Å². The first-order chi connectivity index (χ1) is 11.6. The highest BCUT2D eigenvalue weighted by atomic mass is 35.5. The van der Waals surface area contributed by atoms with Gasteiger partial charge in [0.1, 0.15) is 17.2 Å². The van der Waals surface area contributed by atoms with Crippen LogP contribution in [0.25, 0.3) is 0 Å². The molecule has 1 amide bonds. The summed E-state index contributed by atoms with van der Waals surface area (Å²) in [4.78, 5) is 12.3. The molecule has 5 nitrogen and oxygen atoms in total. The van der Waals surface area contributed by atoms with Gasteiger partial charge in [-0.05, 0) is 36.2 Å². The minimum Gasteiger partial charge on any atom is -0.497 e. The molecule has 2 aromatic carbocycles. The molecule has 2 aromatic rings. The summed E-state index contributed by atoms with van der Waals surface area (Å²) in [6.45, 7) is 0.487. The van der Waals surface area contributed by atoms with Gasteiger partial charge in [-0.15, -0.1) is 0 Å². The van der Waals surface area contributed by atoms with E-state index in [1.54, 1.807) is 39.5 Å². The van der Waals surface area contributed by atoms with Crippen molar-refractivity contribution >= 4 is 17.5 Å². The van der Waals surface area contributed by atoms with E-state index in [1.807, 2.05) is 18.2 Å². The lowest BCUT2D eigenvalue weighted by Gasteiger charge is -2.10. The van der Waals surface area contributed by atoms with Crippen molar-refractivity contribution in [1.82, 2.24) is 5.32 Å². The fraction of sp³-hybridized carbons (Fsp3) is 0.278. The quantitative estimate of drug-likeness (QED) is 0.833. The average molecular weight is 350 g/mol. The third-order valence-corrected chi connectivity index (χ3v) is 3.82. The maximum Gasteiger partial charge on any atom is 0.251 e. The van der Waals surface area contributed by atoms with E-state index in [4.69, 9.17) is 25.8 Å². The van der Waals surface area contributed by atoms with Crippen LogP contribution in [0.15, 0.2) is 36.4 Å². The Bertz CT molecular complexity index is 696. The molecular weight excluding hydrogens is 330 g/mol. The van der Waals surface area contributed by atoms with E-state index in [1.165, 1.54) is 0 Å². The summed E-state index contributed by atoms with van der Waals surface area (Å²) in [5, 5.41) is 3.43. The van der Waals surface area contributed by atoms with Crippen LogP contribution in [-0.4, -0.2) is 33.8 Å².